The second kappa shape index (κ2) is 3.48. The summed E-state index contributed by atoms with van der Waals surface area (Å²) in [7, 11) is 0. The third kappa shape index (κ3) is 1.68. The first-order chi connectivity index (χ1) is 6.24. The van der Waals surface area contributed by atoms with Gasteiger partial charge < -0.3 is 5.73 Å². The number of rotatable bonds is 3. The summed E-state index contributed by atoms with van der Waals surface area (Å²) in [4.78, 5) is 0. The van der Waals surface area contributed by atoms with E-state index in [0.29, 0.717) is 5.82 Å². The van der Waals surface area contributed by atoms with E-state index in [1.807, 2.05) is 0 Å². The first kappa shape index (κ1) is 9.30. The number of nitrogens with two attached hydrogens (primary N) is 1. The minimum absolute atomic E-state index is 0.705. The average Bonchev–Trinajstić information content (AvgIpc) is 2.85. The fourth-order valence-electron chi connectivity index (χ4n) is 1.60. The van der Waals surface area contributed by atoms with Gasteiger partial charge in [-0.2, -0.15) is 5.10 Å². The number of anilines is 1. The fraction of sp³-hybridized carbons (Fsp3) is 0.667. The van der Waals surface area contributed by atoms with Crippen LogP contribution in [0.3, 0.4) is 0 Å². The summed E-state index contributed by atoms with van der Waals surface area (Å²) in [6, 6.07) is 0. The van der Waals surface area contributed by atoms with Gasteiger partial charge in [0.2, 0.25) is 0 Å². The standard InChI is InChI=1S/C9H14IN3/c1-2-5-13-8(6-3-4-6)7(10)9(11)12-13/h6H,2-5H2,1H3,(H2,11,12). The van der Waals surface area contributed by atoms with Gasteiger partial charge in [-0.05, 0) is 41.9 Å². The molecule has 2 rings (SSSR count). The topological polar surface area (TPSA) is 43.8 Å². The summed E-state index contributed by atoms with van der Waals surface area (Å²) in [5.41, 5.74) is 7.17. The molecule has 2 N–H and O–H groups in total. The molecule has 4 heteroatoms. The highest BCUT2D eigenvalue weighted by atomic mass is 127. The SMILES string of the molecule is CCCn1nc(N)c(I)c1C1CC1. The summed E-state index contributed by atoms with van der Waals surface area (Å²) in [6.45, 7) is 3.17. The molecule has 0 radical (unpaired) electrons. The van der Waals surface area contributed by atoms with Crippen LogP contribution in [0.1, 0.15) is 37.8 Å². The lowest BCUT2D eigenvalue weighted by Gasteiger charge is -2.03. The first-order valence-electron chi connectivity index (χ1n) is 4.75. The number of nitrogens with zero attached hydrogens (tertiary/aromatic N) is 2. The Labute approximate surface area is 91.8 Å². The quantitative estimate of drug-likeness (QED) is 0.869. The molecule has 1 saturated carbocycles. The molecule has 72 valence electrons. The number of hydrogen-bond donors (Lipinski definition) is 1. The highest BCUT2D eigenvalue weighted by Gasteiger charge is 2.30. The van der Waals surface area contributed by atoms with E-state index in [1.165, 1.54) is 22.1 Å². The van der Waals surface area contributed by atoms with Crippen molar-refractivity contribution in [1.82, 2.24) is 9.78 Å². The normalized spacial score (nSPS) is 16.5. The highest BCUT2D eigenvalue weighted by Crippen LogP contribution is 2.43. The van der Waals surface area contributed by atoms with Crippen LogP contribution in [-0.4, -0.2) is 9.78 Å². The van der Waals surface area contributed by atoms with Crippen molar-refractivity contribution in [3.63, 3.8) is 0 Å². The molecule has 0 unspecified atom stereocenters. The number of aromatic nitrogens is 2. The maximum Gasteiger partial charge on any atom is 0.159 e. The Hall–Kier alpha value is -0.260. The predicted octanol–water partition coefficient (Wildman–Crippen LogP) is 2.36. The summed E-state index contributed by atoms with van der Waals surface area (Å²) < 4.78 is 3.27. The third-order valence-electron chi connectivity index (χ3n) is 2.36. The molecule has 1 heterocycles. The van der Waals surface area contributed by atoms with E-state index in [-0.39, 0.29) is 0 Å². The highest BCUT2D eigenvalue weighted by molar-refractivity contribution is 14.1. The lowest BCUT2D eigenvalue weighted by Crippen LogP contribution is -2.04. The Balaban J connectivity index is 2.36. The van der Waals surface area contributed by atoms with Crippen molar-refractivity contribution in [3.8, 4) is 0 Å². The van der Waals surface area contributed by atoms with E-state index in [9.17, 15) is 0 Å². The van der Waals surface area contributed by atoms with Crippen molar-refractivity contribution in [2.45, 2.75) is 38.6 Å². The minimum Gasteiger partial charge on any atom is -0.381 e. The van der Waals surface area contributed by atoms with E-state index in [1.54, 1.807) is 0 Å². The smallest absolute Gasteiger partial charge is 0.159 e. The van der Waals surface area contributed by atoms with Crippen LogP contribution in [0.5, 0.6) is 0 Å². The van der Waals surface area contributed by atoms with Crippen LogP contribution in [0.15, 0.2) is 0 Å². The van der Waals surface area contributed by atoms with Crippen molar-refractivity contribution < 1.29 is 0 Å². The van der Waals surface area contributed by atoms with Crippen LogP contribution >= 0.6 is 22.6 Å². The van der Waals surface area contributed by atoms with Gasteiger partial charge in [-0.15, -0.1) is 0 Å². The van der Waals surface area contributed by atoms with Crippen molar-refractivity contribution in [2.24, 2.45) is 0 Å². The largest absolute Gasteiger partial charge is 0.381 e. The zero-order valence-corrected chi connectivity index (χ0v) is 9.91. The second-order valence-corrected chi connectivity index (χ2v) is 4.66. The van der Waals surface area contributed by atoms with Gasteiger partial charge in [-0.1, -0.05) is 6.92 Å². The van der Waals surface area contributed by atoms with E-state index >= 15 is 0 Å². The minimum atomic E-state index is 0.705. The summed E-state index contributed by atoms with van der Waals surface area (Å²) in [6.07, 6.45) is 3.74. The van der Waals surface area contributed by atoms with Crippen LogP contribution in [0.25, 0.3) is 0 Å². The van der Waals surface area contributed by atoms with Crippen molar-refractivity contribution in [2.75, 3.05) is 5.73 Å². The Morgan fingerprint density at radius 2 is 2.31 bits per heavy atom. The summed E-state index contributed by atoms with van der Waals surface area (Å²) in [5.74, 6) is 1.44. The van der Waals surface area contributed by atoms with Crippen LogP contribution in [0.2, 0.25) is 0 Å². The van der Waals surface area contributed by atoms with Gasteiger partial charge in [0.15, 0.2) is 5.82 Å². The lowest BCUT2D eigenvalue weighted by molar-refractivity contribution is 0.576. The number of nitrogen functional groups attached to an aromatic ring is 1. The van der Waals surface area contributed by atoms with Crippen LogP contribution in [0.4, 0.5) is 5.82 Å². The molecule has 1 aliphatic carbocycles. The van der Waals surface area contributed by atoms with Gasteiger partial charge in [0.05, 0.1) is 9.26 Å². The first-order valence-corrected chi connectivity index (χ1v) is 5.83. The molecule has 1 aromatic rings. The van der Waals surface area contributed by atoms with Gasteiger partial charge in [0, 0.05) is 12.5 Å². The molecule has 0 aliphatic heterocycles. The Morgan fingerprint density at radius 1 is 1.62 bits per heavy atom. The van der Waals surface area contributed by atoms with E-state index in [0.717, 1.165) is 18.9 Å². The van der Waals surface area contributed by atoms with Gasteiger partial charge >= 0.3 is 0 Å². The van der Waals surface area contributed by atoms with Crippen molar-refractivity contribution >= 4 is 28.4 Å². The molecule has 1 fully saturated rings. The maximum absolute atomic E-state index is 5.80. The van der Waals surface area contributed by atoms with Gasteiger partial charge in [-0.3, -0.25) is 4.68 Å². The molecule has 0 aromatic carbocycles. The molecule has 1 aliphatic rings. The maximum atomic E-state index is 5.80. The van der Waals surface area contributed by atoms with Crippen LogP contribution in [0, 0.1) is 3.57 Å². The Bertz CT molecular complexity index is 315. The zero-order valence-electron chi connectivity index (χ0n) is 7.76. The van der Waals surface area contributed by atoms with E-state index < -0.39 is 0 Å². The zero-order chi connectivity index (χ0) is 9.42. The Morgan fingerprint density at radius 3 is 2.85 bits per heavy atom. The van der Waals surface area contributed by atoms with Crippen LogP contribution in [-0.2, 0) is 6.54 Å². The molecule has 0 atom stereocenters. The van der Waals surface area contributed by atoms with Gasteiger partial charge in [-0.25, -0.2) is 0 Å². The predicted molar refractivity (Wildman–Crippen MR) is 61.6 cm³/mol. The average molecular weight is 291 g/mol. The fourth-order valence-corrected chi connectivity index (χ4v) is 2.43. The summed E-state index contributed by atoms with van der Waals surface area (Å²) >= 11 is 2.31. The lowest BCUT2D eigenvalue weighted by atomic mass is 10.3. The monoisotopic (exact) mass is 291 g/mol. The number of aryl methyl sites for hydroxylation is 1. The Kier molecular flexibility index (Phi) is 2.49. The molecule has 0 amide bonds. The molecule has 0 saturated heterocycles. The molecular formula is C9H14IN3. The van der Waals surface area contributed by atoms with E-state index in [4.69, 9.17) is 5.73 Å². The molecule has 0 spiro atoms. The molecule has 1 aromatic heterocycles. The second-order valence-electron chi connectivity index (χ2n) is 3.58. The van der Waals surface area contributed by atoms with Gasteiger partial charge in [0.25, 0.3) is 0 Å². The third-order valence-corrected chi connectivity index (χ3v) is 3.46. The van der Waals surface area contributed by atoms with Crippen LogP contribution < -0.4 is 5.73 Å². The number of hydrogen-bond acceptors (Lipinski definition) is 2. The molecule has 3 nitrogen and oxygen atoms in total. The van der Waals surface area contributed by atoms with Crippen molar-refractivity contribution in [1.29, 1.82) is 0 Å². The van der Waals surface area contributed by atoms with E-state index in [2.05, 4.69) is 39.3 Å². The van der Waals surface area contributed by atoms with Crippen molar-refractivity contribution in [3.05, 3.63) is 9.26 Å². The number of halogens is 1. The van der Waals surface area contributed by atoms with Gasteiger partial charge in [0.1, 0.15) is 0 Å². The molecule has 0 bridgehead atoms. The molecular weight excluding hydrogens is 277 g/mol. The molecule has 13 heavy (non-hydrogen) atoms. The summed E-state index contributed by atoms with van der Waals surface area (Å²) in [5, 5.41) is 4.35.